The van der Waals surface area contributed by atoms with Crippen molar-refractivity contribution in [2.75, 3.05) is 5.32 Å². The van der Waals surface area contributed by atoms with Crippen molar-refractivity contribution in [2.45, 2.75) is 51.2 Å². The largest absolute Gasteiger partial charge is 0.330 e. The Morgan fingerprint density at radius 2 is 2.12 bits per heavy atom. The van der Waals surface area contributed by atoms with Crippen LogP contribution in [0, 0.1) is 5.92 Å². The molecule has 26 heavy (non-hydrogen) atoms. The number of piperidine rings is 1. The minimum Gasteiger partial charge on any atom is -0.330 e. The molecule has 2 aromatic heterocycles. The third kappa shape index (κ3) is 3.00. The van der Waals surface area contributed by atoms with E-state index in [9.17, 15) is 9.59 Å². The molecule has 0 bridgehead atoms. The lowest BCUT2D eigenvalue weighted by Crippen LogP contribution is -2.48. The fourth-order valence-corrected chi connectivity index (χ4v) is 3.83. The summed E-state index contributed by atoms with van der Waals surface area (Å²) in [5.74, 6) is -0.222. The van der Waals surface area contributed by atoms with E-state index in [2.05, 4.69) is 15.5 Å². The SMILES string of the molecule is CCn1cc(NC(=O)[C@H]2CCC(=O)N(C3CC3)[C@@H]2c2ccnn2C)cn1. The second-order valence-electron chi connectivity index (χ2n) is 7.08. The number of aromatic nitrogens is 4. The van der Waals surface area contributed by atoms with Gasteiger partial charge < -0.3 is 10.2 Å². The van der Waals surface area contributed by atoms with E-state index >= 15 is 0 Å². The van der Waals surface area contributed by atoms with Crippen LogP contribution in [0.4, 0.5) is 5.69 Å². The number of aryl methyl sites for hydroxylation is 2. The highest BCUT2D eigenvalue weighted by molar-refractivity contribution is 5.94. The number of hydrogen-bond donors (Lipinski definition) is 1. The molecule has 1 aliphatic carbocycles. The molecule has 0 aromatic carbocycles. The maximum atomic E-state index is 13.1. The van der Waals surface area contributed by atoms with Gasteiger partial charge in [0, 0.05) is 38.4 Å². The Morgan fingerprint density at radius 3 is 2.73 bits per heavy atom. The van der Waals surface area contributed by atoms with E-state index < -0.39 is 0 Å². The van der Waals surface area contributed by atoms with Gasteiger partial charge in [-0.25, -0.2) is 0 Å². The second kappa shape index (κ2) is 6.59. The maximum Gasteiger partial charge on any atom is 0.230 e. The van der Waals surface area contributed by atoms with Crippen LogP contribution >= 0.6 is 0 Å². The third-order valence-electron chi connectivity index (χ3n) is 5.30. The molecule has 0 unspecified atom stereocenters. The molecule has 0 spiro atoms. The molecule has 2 fully saturated rings. The topological polar surface area (TPSA) is 85.0 Å². The van der Waals surface area contributed by atoms with E-state index in [0.717, 1.165) is 25.1 Å². The van der Waals surface area contributed by atoms with Crippen molar-refractivity contribution in [3.05, 3.63) is 30.4 Å². The van der Waals surface area contributed by atoms with Gasteiger partial charge in [0.05, 0.1) is 29.5 Å². The lowest BCUT2D eigenvalue weighted by atomic mass is 9.85. The average Bonchev–Trinajstić information content (AvgIpc) is 3.21. The van der Waals surface area contributed by atoms with Crippen LogP contribution in [0.25, 0.3) is 0 Å². The highest BCUT2D eigenvalue weighted by atomic mass is 16.2. The van der Waals surface area contributed by atoms with Crippen molar-refractivity contribution in [1.82, 2.24) is 24.5 Å². The first-order valence-electron chi connectivity index (χ1n) is 9.21. The van der Waals surface area contributed by atoms with Gasteiger partial charge in [0.15, 0.2) is 0 Å². The lowest BCUT2D eigenvalue weighted by Gasteiger charge is -2.40. The molecule has 4 rings (SSSR count). The standard InChI is InChI=1S/C18H24N6O2/c1-3-23-11-12(10-20-23)21-18(26)14-6-7-16(25)24(13-4-5-13)17(14)15-8-9-19-22(15)2/h8-11,13-14,17H,3-7H2,1-2H3,(H,21,26)/t14-,17-/m0/s1. The molecule has 1 saturated heterocycles. The number of hydrogen-bond acceptors (Lipinski definition) is 4. The van der Waals surface area contributed by atoms with Crippen LogP contribution in [0.5, 0.6) is 0 Å². The third-order valence-corrected chi connectivity index (χ3v) is 5.30. The van der Waals surface area contributed by atoms with Crippen molar-refractivity contribution < 1.29 is 9.59 Å². The van der Waals surface area contributed by atoms with E-state index in [1.165, 1.54) is 0 Å². The monoisotopic (exact) mass is 356 g/mol. The summed E-state index contributed by atoms with van der Waals surface area (Å²) in [6, 6.07) is 1.90. The minimum atomic E-state index is -0.298. The van der Waals surface area contributed by atoms with Crippen LogP contribution < -0.4 is 5.32 Å². The van der Waals surface area contributed by atoms with Gasteiger partial charge in [0.2, 0.25) is 11.8 Å². The molecule has 2 amide bonds. The number of nitrogens with one attached hydrogen (secondary N) is 1. The predicted octanol–water partition coefficient (Wildman–Crippen LogP) is 1.72. The van der Waals surface area contributed by atoms with E-state index in [4.69, 9.17) is 0 Å². The number of carbonyl (C=O) groups is 2. The highest BCUT2D eigenvalue weighted by Gasteiger charge is 2.47. The number of carbonyl (C=O) groups excluding carboxylic acids is 2. The molecule has 2 aromatic rings. The Labute approximate surface area is 152 Å². The second-order valence-corrected chi connectivity index (χ2v) is 7.08. The Kier molecular flexibility index (Phi) is 4.26. The summed E-state index contributed by atoms with van der Waals surface area (Å²) in [6.45, 7) is 2.75. The first-order valence-corrected chi connectivity index (χ1v) is 9.21. The number of amides is 2. The number of nitrogens with zero attached hydrogens (tertiary/aromatic N) is 5. The van der Waals surface area contributed by atoms with E-state index in [0.29, 0.717) is 18.5 Å². The van der Waals surface area contributed by atoms with Crippen LogP contribution in [-0.2, 0) is 23.2 Å². The fourth-order valence-electron chi connectivity index (χ4n) is 3.83. The Hall–Kier alpha value is -2.64. The summed E-state index contributed by atoms with van der Waals surface area (Å²) in [5.41, 5.74) is 1.60. The van der Waals surface area contributed by atoms with Crippen LogP contribution in [0.2, 0.25) is 0 Å². The minimum absolute atomic E-state index is 0.0648. The summed E-state index contributed by atoms with van der Waals surface area (Å²) >= 11 is 0. The van der Waals surface area contributed by atoms with Gasteiger partial charge in [0.25, 0.3) is 0 Å². The molecule has 8 nitrogen and oxygen atoms in total. The molecule has 138 valence electrons. The first kappa shape index (κ1) is 16.8. The van der Waals surface area contributed by atoms with Gasteiger partial charge >= 0.3 is 0 Å². The molecular weight excluding hydrogens is 332 g/mol. The van der Waals surface area contributed by atoms with E-state index in [1.54, 1.807) is 21.8 Å². The summed E-state index contributed by atoms with van der Waals surface area (Å²) in [4.78, 5) is 27.6. The van der Waals surface area contributed by atoms with Crippen LogP contribution in [0.1, 0.15) is 44.3 Å². The molecule has 1 N–H and O–H groups in total. The van der Waals surface area contributed by atoms with Gasteiger partial charge in [-0.3, -0.25) is 19.0 Å². The molecule has 8 heteroatoms. The Bertz CT molecular complexity index is 821. The van der Waals surface area contributed by atoms with Gasteiger partial charge in [-0.1, -0.05) is 0 Å². The average molecular weight is 356 g/mol. The lowest BCUT2D eigenvalue weighted by molar-refractivity contribution is -0.143. The van der Waals surface area contributed by atoms with Crippen molar-refractivity contribution in [3.63, 3.8) is 0 Å². The zero-order valence-electron chi connectivity index (χ0n) is 15.1. The highest BCUT2D eigenvalue weighted by Crippen LogP contribution is 2.43. The van der Waals surface area contributed by atoms with Gasteiger partial charge in [0.1, 0.15) is 0 Å². The smallest absolute Gasteiger partial charge is 0.230 e. The van der Waals surface area contributed by atoms with Gasteiger partial charge in [-0.2, -0.15) is 10.2 Å². The molecule has 0 radical (unpaired) electrons. The summed E-state index contributed by atoms with van der Waals surface area (Å²) in [5, 5.41) is 11.4. The van der Waals surface area contributed by atoms with Crippen molar-refractivity contribution in [3.8, 4) is 0 Å². The predicted molar refractivity (Wildman–Crippen MR) is 95.1 cm³/mol. The number of anilines is 1. The van der Waals surface area contributed by atoms with Crippen LogP contribution in [0.3, 0.4) is 0 Å². The number of likely N-dealkylation sites (tertiary alicyclic amines) is 1. The number of rotatable bonds is 5. The zero-order chi connectivity index (χ0) is 18.3. The molecule has 2 atom stereocenters. The van der Waals surface area contributed by atoms with Crippen molar-refractivity contribution in [1.29, 1.82) is 0 Å². The van der Waals surface area contributed by atoms with Gasteiger partial charge in [-0.05, 0) is 32.3 Å². The fraction of sp³-hybridized carbons (Fsp3) is 0.556. The van der Waals surface area contributed by atoms with Gasteiger partial charge in [-0.15, -0.1) is 0 Å². The van der Waals surface area contributed by atoms with Crippen LogP contribution in [-0.4, -0.2) is 42.3 Å². The molecule has 3 heterocycles. The molecule has 2 aliphatic rings. The van der Waals surface area contributed by atoms with E-state index in [-0.39, 0.29) is 29.8 Å². The normalized spacial score (nSPS) is 23.3. The quantitative estimate of drug-likeness (QED) is 0.884. The molecule has 1 saturated carbocycles. The van der Waals surface area contributed by atoms with Crippen molar-refractivity contribution in [2.24, 2.45) is 13.0 Å². The Morgan fingerprint density at radius 1 is 1.31 bits per heavy atom. The summed E-state index contributed by atoms with van der Waals surface area (Å²) in [6.07, 6.45) is 8.19. The summed E-state index contributed by atoms with van der Waals surface area (Å²) < 4.78 is 3.54. The molecule has 1 aliphatic heterocycles. The Balaban J connectivity index is 1.62. The maximum absolute atomic E-state index is 13.1. The zero-order valence-corrected chi connectivity index (χ0v) is 15.1. The first-order chi connectivity index (χ1) is 12.6. The van der Waals surface area contributed by atoms with Crippen LogP contribution in [0.15, 0.2) is 24.7 Å². The van der Waals surface area contributed by atoms with E-state index in [1.807, 2.05) is 31.1 Å². The summed E-state index contributed by atoms with van der Waals surface area (Å²) in [7, 11) is 1.86. The van der Waals surface area contributed by atoms with Crippen molar-refractivity contribution >= 4 is 17.5 Å². The molecular formula is C18H24N6O2.